The number of nitrogens with two attached hydrogens (primary N) is 4. The van der Waals surface area contributed by atoms with Gasteiger partial charge in [-0.1, -0.05) is 30.3 Å². The second-order valence-electron chi connectivity index (χ2n) is 9.92. The molecule has 5 atom stereocenters. The number of hydrogen-bond acceptors (Lipinski definition) is 12. The molecule has 3 aliphatic heterocycles. The van der Waals surface area contributed by atoms with Gasteiger partial charge < -0.3 is 47.5 Å². The molecule has 12 nitrogen and oxygen atoms in total. The summed E-state index contributed by atoms with van der Waals surface area (Å²) in [5, 5.41) is 3.46. The molecule has 0 spiro atoms. The summed E-state index contributed by atoms with van der Waals surface area (Å²) < 4.78 is 11.1. The summed E-state index contributed by atoms with van der Waals surface area (Å²) in [4.78, 5) is 18.4. The zero-order chi connectivity index (χ0) is 25.1. The topological polar surface area (TPSA) is 180 Å². The minimum absolute atomic E-state index is 0.0535. The Morgan fingerprint density at radius 3 is 1.89 bits per heavy atom. The molecule has 5 unspecified atom stereocenters. The second kappa shape index (κ2) is 10.8. The van der Waals surface area contributed by atoms with E-state index in [9.17, 15) is 0 Å². The quantitative estimate of drug-likeness (QED) is 0.331. The zero-order valence-electron chi connectivity index (χ0n) is 20.4. The Labute approximate surface area is 211 Å². The molecular weight excluding hydrogens is 460 g/mol. The fraction of sp³-hybridized carbons (Fsp3) is 0.542. The summed E-state index contributed by atoms with van der Waals surface area (Å²) in [6.07, 6.45) is 3.82. The van der Waals surface area contributed by atoms with Crippen LogP contribution >= 0.6 is 0 Å². The summed E-state index contributed by atoms with van der Waals surface area (Å²) in [5.74, 6) is 2.16. The fourth-order valence-electron chi connectivity index (χ4n) is 5.05. The summed E-state index contributed by atoms with van der Waals surface area (Å²) in [7, 11) is 0. The molecule has 1 aromatic carbocycles. The molecule has 9 N–H and O–H groups in total. The molecule has 194 valence electrons. The highest BCUT2D eigenvalue weighted by Crippen LogP contribution is 2.24. The molecule has 0 aliphatic carbocycles. The van der Waals surface area contributed by atoms with Gasteiger partial charge in [0.1, 0.15) is 6.26 Å². The van der Waals surface area contributed by atoms with Crippen molar-refractivity contribution in [3.05, 3.63) is 47.9 Å². The third-order valence-corrected chi connectivity index (χ3v) is 6.63. The number of nitrogens with zero attached hydrogens (tertiary/aromatic N) is 5. The molecule has 5 rings (SSSR count). The van der Waals surface area contributed by atoms with Gasteiger partial charge in [0, 0.05) is 56.8 Å². The van der Waals surface area contributed by atoms with Gasteiger partial charge in [-0.25, -0.2) is 0 Å². The molecule has 0 saturated carbocycles. The summed E-state index contributed by atoms with van der Waals surface area (Å²) in [5.41, 5.74) is 26.2. The van der Waals surface area contributed by atoms with E-state index in [0.29, 0.717) is 56.2 Å². The Kier molecular flexibility index (Phi) is 7.37. The molecule has 2 aromatic rings. The van der Waals surface area contributed by atoms with Gasteiger partial charge in [-0.05, 0) is 18.4 Å². The monoisotopic (exact) mass is 496 g/mol. The fourth-order valence-corrected chi connectivity index (χ4v) is 5.05. The van der Waals surface area contributed by atoms with E-state index in [-0.39, 0.29) is 37.0 Å². The maximum Gasteiger partial charge on any atom is 0.232 e. The molecule has 36 heavy (non-hydrogen) atoms. The van der Waals surface area contributed by atoms with E-state index >= 15 is 0 Å². The normalized spacial score (nSPS) is 27.2. The van der Waals surface area contributed by atoms with E-state index < -0.39 is 0 Å². The Bertz CT molecular complexity index is 990. The number of nitrogens with one attached hydrogen (secondary N) is 1. The van der Waals surface area contributed by atoms with Gasteiger partial charge in [-0.2, -0.15) is 15.0 Å². The van der Waals surface area contributed by atoms with Gasteiger partial charge in [0.2, 0.25) is 24.6 Å². The Hall–Kier alpha value is -3.19. The summed E-state index contributed by atoms with van der Waals surface area (Å²) in [6, 6.07) is 9.70. The van der Waals surface area contributed by atoms with Crippen molar-refractivity contribution in [2.75, 3.05) is 48.1 Å². The van der Waals surface area contributed by atoms with Gasteiger partial charge in [-0.3, -0.25) is 0 Å². The first-order chi connectivity index (χ1) is 17.4. The molecule has 3 aliphatic rings. The van der Waals surface area contributed by atoms with Crippen molar-refractivity contribution >= 4 is 17.8 Å². The maximum absolute atomic E-state index is 6.27. The SMILES string of the molecule is NC1CC(N)CN(c2nc(NC(Cc3ccccc3)C3=COCO3)nc(N3CC(N)CC(N)C3)n2)C1. The third kappa shape index (κ3) is 5.95. The van der Waals surface area contributed by atoms with Gasteiger partial charge >= 0.3 is 0 Å². The van der Waals surface area contributed by atoms with Gasteiger partial charge in [0.05, 0.1) is 6.04 Å². The lowest BCUT2D eigenvalue weighted by molar-refractivity contribution is 0.0764. The highest BCUT2D eigenvalue weighted by atomic mass is 16.7. The van der Waals surface area contributed by atoms with Crippen LogP contribution in [0.5, 0.6) is 0 Å². The number of rotatable bonds is 7. The predicted molar refractivity (Wildman–Crippen MR) is 138 cm³/mol. The van der Waals surface area contributed by atoms with E-state index in [1.165, 1.54) is 0 Å². The van der Waals surface area contributed by atoms with Crippen LogP contribution in [0.4, 0.5) is 17.8 Å². The molecule has 0 bridgehead atoms. The minimum Gasteiger partial charge on any atom is -0.462 e. The number of hydrogen-bond donors (Lipinski definition) is 5. The number of ether oxygens (including phenoxy) is 2. The van der Waals surface area contributed by atoms with Gasteiger partial charge in [0.25, 0.3) is 0 Å². The van der Waals surface area contributed by atoms with Crippen molar-refractivity contribution in [2.45, 2.75) is 49.5 Å². The van der Waals surface area contributed by atoms with Crippen LogP contribution in [0.15, 0.2) is 42.4 Å². The van der Waals surface area contributed by atoms with Crippen LogP contribution in [0.3, 0.4) is 0 Å². The van der Waals surface area contributed by atoms with Crippen molar-refractivity contribution in [3.8, 4) is 0 Å². The van der Waals surface area contributed by atoms with E-state index in [2.05, 4.69) is 17.4 Å². The minimum atomic E-state index is -0.241. The molecule has 0 radical (unpaired) electrons. The van der Waals surface area contributed by atoms with Crippen molar-refractivity contribution < 1.29 is 9.47 Å². The van der Waals surface area contributed by atoms with E-state index in [1.54, 1.807) is 6.26 Å². The van der Waals surface area contributed by atoms with Gasteiger partial charge in [0.15, 0.2) is 5.76 Å². The van der Waals surface area contributed by atoms with Gasteiger partial charge in [-0.15, -0.1) is 0 Å². The molecule has 4 heterocycles. The number of piperidine rings is 2. The first-order valence-electron chi connectivity index (χ1n) is 12.5. The van der Waals surface area contributed by atoms with Crippen molar-refractivity contribution in [1.82, 2.24) is 15.0 Å². The summed E-state index contributed by atoms with van der Waals surface area (Å²) in [6.45, 7) is 2.65. The van der Waals surface area contributed by atoms with Crippen LogP contribution in [0, 0.1) is 0 Å². The average molecular weight is 497 g/mol. The number of anilines is 3. The van der Waals surface area contributed by atoms with E-state index in [0.717, 1.165) is 18.4 Å². The van der Waals surface area contributed by atoms with Crippen molar-refractivity contribution in [3.63, 3.8) is 0 Å². The Morgan fingerprint density at radius 1 is 0.833 bits per heavy atom. The molecule has 1 aromatic heterocycles. The second-order valence-corrected chi connectivity index (χ2v) is 9.92. The molecule has 0 amide bonds. The summed E-state index contributed by atoms with van der Waals surface area (Å²) >= 11 is 0. The predicted octanol–water partition coefficient (Wildman–Crippen LogP) is -0.530. The van der Waals surface area contributed by atoms with Crippen molar-refractivity contribution in [2.24, 2.45) is 22.9 Å². The third-order valence-electron chi connectivity index (χ3n) is 6.63. The standard InChI is InChI=1S/C24H36N10O2/c25-16-7-17(26)10-33(9-16)23-30-22(31-24(32-23)34-11-18(27)8-19(28)12-34)29-20(21-13-35-14-36-21)6-15-4-2-1-3-5-15/h1-5,13,16-20H,6-12,14,25-28H2,(H,29,30,31,32). The van der Waals surface area contributed by atoms with Crippen LogP contribution < -0.4 is 38.1 Å². The zero-order valence-corrected chi connectivity index (χ0v) is 20.4. The lowest BCUT2D eigenvalue weighted by Crippen LogP contribution is -2.54. The molecule has 12 heteroatoms. The lowest BCUT2D eigenvalue weighted by atomic mass is 10.0. The van der Waals surface area contributed by atoms with Crippen LogP contribution in [-0.2, 0) is 15.9 Å². The number of aromatic nitrogens is 3. The largest absolute Gasteiger partial charge is 0.462 e. The highest BCUT2D eigenvalue weighted by molar-refractivity contribution is 5.48. The molecule has 2 fully saturated rings. The molecular formula is C24H36N10O2. The van der Waals surface area contributed by atoms with Crippen LogP contribution in [-0.4, -0.2) is 78.1 Å². The van der Waals surface area contributed by atoms with Crippen LogP contribution in [0.1, 0.15) is 18.4 Å². The lowest BCUT2D eigenvalue weighted by Gasteiger charge is -2.37. The first-order valence-corrected chi connectivity index (χ1v) is 12.5. The first kappa shape index (κ1) is 24.5. The van der Waals surface area contributed by atoms with Crippen LogP contribution in [0.2, 0.25) is 0 Å². The molecule has 2 saturated heterocycles. The Morgan fingerprint density at radius 2 is 1.39 bits per heavy atom. The van der Waals surface area contributed by atoms with Crippen LogP contribution in [0.25, 0.3) is 0 Å². The highest BCUT2D eigenvalue weighted by Gasteiger charge is 2.30. The van der Waals surface area contributed by atoms with Crippen molar-refractivity contribution in [1.29, 1.82) is 0 Å². The number of benzene rings is 1. The maximum atomic E-state index is 6.27. The smallest absolute Gasteiger partial charge is 0.232 e. The van der Waals surface area contributed by atoms with E-state index in [1.807, 2.05) is 28.0 Å². The Balaban J connectivity index is 1.47. The average Bonchev–Trinajstić information content (AvgIpc) is 3.38. The van der Waals surface area contributed by atoms with E-state index in [4.69, 9.17) is 47.4 Å².